The average molecular weight is 348 g/mol. The lowest BCUT2D eigenvalue weighted by Gasteiger charge is -2.11. The smallest absolute Gasteiger partial charge is 0.229 e. The van der Waals surface area contributed by atoms with E-state index >= 15 is 0 Å². The fourth-order valence-corrected chi connectivity index (χ4v) is 2.54. The summed E-state index contributed by atoms with van der Waals surface area (Å²) in [5.74, 6) is 2.22. The van der Waals surface area contributed by atoms with E-state index in [1.807, 2.05) is 44.2 Å². The van der Waals surface area contributed by atoms with Crippen molar-refractivity contribution >= 4 is 17.5 Å². The molecule has 0 aliphatic carbocycles. The first kappa shape index (κ1) is 17.7. The molecule has 3 rings (SSSR count). The van der Waals surface area contributed by atoms with Crippen LogP contribution in [0.25, 0.3) is 0 Å². The van der Waals surface area contributed by atoms with Crippen molar-refractivity contribution in [3.8, 4) is 5.75 Å². The molecule has 0 spiro atoms. The maximum atomic E-state index is 5.46. The zero-order chi connectivity index (χ0) is 18.4. The summed E-state index contributed by atoms with van der Waals surface area (Å²) in [5.41, 5.74) is 4.30. The Hall–Kier alpha value is -3.08. The molecule has 134 valence electrons. The fourth-order valence-electron chi connectivity index (χ4n) is 2.54. The average Bonchev–Trinajstić information content (AvgIpc) is 2.63. The quantitative estimate of drug-likeness (QED) is 0.639. The van der Waals surface area contributed by atoms with Gasteiger partial charge in [0.15, 0.2) is 0 Å². The van der Waals surface area contributed by atoms with Gasteiger partial charge in [-0.05, 0) is 50.6 Å². The summed E-state index contributed by atoms with van der Waals surface area (Å²) in [6.07, 6.45) is 0. The molecule has 0 bridgehead atoms. The number of aromatic nitrogens is 2. The largest absolute Gasteiger partial charge is 0.494 e. The first-order chi connectivity index (χ1) is 12.6. The van der Waals surface area contributed by atoms with E-state index in [0.29, 0.717) is 12.6 Å². The van der Waals surface area contributed by atoms with Crippen molar-refractivity contribution < 1.29 is 4.74 Å². The van der Waals surface area contributed by atoms with Gasteiger partial charge in [-0.25, -0.2) is 4.98 Å². The summed E-state index contributed by atoms with van der Waals surface area (Å²) in [6, 6.07) is 18.2. The Morgan fingerprint density at radius 2 is 1.65 bits per heavy atom. The predicted octanol–water partition coefficient (Wildman–Crippen LogP) is 4.85. The Labute approximate surface area is 154 Å². The van der Waals surface area contributed by atoms with Gasteiger partial charge in [0.25, 0.3) is 0 Å². The summed E-state index contributed by atoms with van der Waals surface area (Å²) in [5, 5.41) is 6.60. The molecule has 5 nitrogen and oxygen atoms in total. The highest BCUT2D eigenvalue weighted by atomic mass is 16.5. The molecule has 5 heteroatoms. The van der Waals surface area contributed by atoms with Gasteiger partial charge in [0, 0.05) is 24.0 Å². The molecule has 0 fully saturated rings. The van der Waals surface area contributed by atoms with Crippen LogP contribution < -0.4 is 15.4 Å². The molecule has 0 atom stereocenters. The first-order valence-corrected chi connectivity index (χ1v) is 8.77. The fraction of sp³-hybridized carbons (Fsp3) is 0.238. The molecule has 2 N–H and O–H groups in total. The Kier molecular flexibility index (Phi) is 5.69. The molecule has 0 aliphatic heterocycles. The highest BCUT2D eigenvalue weighted by Gasteiger charge is 2.04. The Morgan fingerprint density at radius 1 is 0.923 bits per heavy atom. The number of hydrogen-bond acceptors (Lipinski definition) is 5. The summed E-state index contributed by atoms with van der Waals surface area (Å²) in [4.78, 5) is 9.02. The van der Waals surface area contributed by atoms with Crippen LogP contribution in [0.15, 0.2) is 54.6 Å². The van der Waals surface area contributed by atoms with Crippen molar-refractivity contribution in [1.29, 1.82) is 0 Å². The van der Waals surface area contributed by atoms with Gasteiger partial charge < -0.3 is 15.4 Å². The molecular formula is C21H24N4O. The maximum absolute atomic E-state index is 5.46. The molecule has 1 aromatic heterocycles. The number of hydrogen-bond donors (Lipinski definition) is 2. The molecule has 26 heavy (non-hydrogen) atoms. The number of ether oxygens (including phenoxy) is 1. The van der Waals surface area contributed by atoms with Crippen LogP contribution in [0, 0.1) is 13.8 Å². The normalized spacial score (nSPS) is 10.4. The molecule has 0 saturated carbocycles. The first-order valence-electron chi connectivity index (χ1n) is 8.77. The molecule has 2 aromatic carbocycles. The van der Waals surface area contributed by atoms with Gasteiger partial charge in [-0.3, -0.25) is 0 Å². The molecule has 0 radical (unpaired) electrons. The van der Waals surface area contributed by atoms with Gasteiger partial charge in [-0.1, -0.05) is 29.8 Å². The van der Waals surface area contributed by atoms with Crippen molar-refractivity contribution in [2.45, 2.75) is 27.3 Å². The van der Waals surface area contributed by atoms with Gasteiger partial charge in [0.2, 0.25) is 5.95 Å². The van der Waals surface area contributed by atoms with Crippen molar-refractivity contribution in [2.24, 2.45) is 0 Å². The van der Waals surface area contributed by atoms with Crippen LogP contribution in [0.2, 0.25) is 0 Å². The molecule has 0 saturated heterocycles. The topological polar surface area (TPSA) is 59.1 Å². The van der Waals surface area contributed by atoms with Gasteiger partial charge in [0.1, 0.15) is 11.6 Å². The summed E-state index contributed by atoms with van der Waals surface area (Å²) < 4.78 is 5.46. The highest BCUT2D eigenvalue weighted by Crippen LogP contribution is 2.19. The minimum atomic E-state index is 0.570. The molecular weight excluding hydrogens is 324 g/mol. The third kappa shape index (κ3) is 4.96. The van der Waals surface area contributed by atoms with E-state index in [0.717, 1.165) is 29.5 Å². The number of anilines is 3. The third-order valence-corrected chi connectivity index (χ3v) is 3.87. The van der Waals surface area contributed by atoms with Gasteiger partial charge in [-0.15, -0.1) is 0 Å². The lowest BCUT2D eigenvalue weighted by Crippen LogP contribution is -2.05. The van der Waals surface area contributed by atoms with Crippen molar-refractivity contribution in [3.63, 3.8) is 0 Å². The molecule has 0 amide bonds. The van der Waals surface area contributed by atoms with E-state index in [1.165, 1.54) is 11.1 Å². The monoisotopic (exact) mass is 348 g/mol. The zero-order valence-electron chi connectivity index (χ0n) is 15.4. The van der Waals surface area contributed by atoms with E-state index in [4.69, 9.17) is 4.74 Å². The number of nitrogens with one attached hydrogen (secondary N) is 2. The van der Waals surface area contributed by atoms with Gasteiger partial charge >= 0.3 is 0 Å². The third-order valence-electron chi connectivity index (χ3n) is 3.87. The molecule has 1 heterocycles. The van der Waals surface area contributed by atoms with E-state index in [-0.39, 0.29) is 0 Å². The number of benzene rings is 2. The highest BCUT2D eigenvalue weighted by molar-refractivity contribution is 5.56. The standard InChI is InChI=1S/C21H24N4O/c1-4-26-19-11-9-18(10-12-19)24-21-23-16(3)13-20(25-21)22-14-17-7-5-15(2)6-8-17/h5-13H,4,14H2,1-3H3,(H2,22,23,24,25). The SMILES string of the molecule is CCOc1ccc(Nc2nc(C)cc(NCc3ccc(C)cc3)n2)cc1. The summed E-state index contributed by atoms with van der Waals surface area (Å²) in [7, 11) is 0. The summed E-state index contributed by atoms with van der Waals surface area (Å²) in [6.45, 7) is 7.40. The number of aryl methyl sites for hydroxylation is 2. The molecule has 0 unspecified atom stereocenters. The van der Waals surface area contributed by atoms with Crippen LogP contribution in [-0.4, -0.2) is 16.6 Å². The number of rotatable bonds is 7. The minimum absolute atomic E-state index is 0.570. The maximum Gasteiger partial charge on any atom is 0.229 e. The van der Waals surface area contributed by atoms with Crippen molar-refractivity contribution in [2.75, 3.05) is 17.2 Å². The Balaban J connectivity index is 1.67. The Bertz CT molecular complexity index is 845. The Morgan fingerprint density at radius 3 is 2.35 bits per heavy atom. The van der Waals surface area contributed by atoms with E-state index in [9.17, 15) is 0 Å². The van der Waals surface area contributed by atoms with Crippen LogP contribution in [0.5, 0.6) is 5.75 Å². The lowest BCUT2D eigenvalue weighted by molar-refractivity contribution is 0.340. The second-order valence-electron chi connectivity index (χ2n) is 6.14. The molecule has 3 aromatic rings. The van der Waals surface area contributed by atoms with Gasteiger partial charge in [-0.2, -0.15) is 4.98 Å². The van der Waals surface area contributed by atoms with Crippen LogP contribution in [0.4, 0.5) is 17.5 Å². The minimum Gasteiger partial charge on any atom is -0.494 e. The van der Waals surface area contributed by atoms with E-state index in [1.54, 1.807) is 0 Å². The predicted molar refractivity (Wildman–Crippen MR) is 106 cm³/mol. The van der Waals surface area contributed by atoms with Crippen LogP contribution >= 0.6 is 0 Å². The summed E-state index contributed by atoms with van der Waals surface area (Å²) >= 11 is 0. The molecule has 0 aliphatic rings. The second-order valence-corrected chi connectivity index (χ2v) is 6.14. The van der Waals surface area contributed by atoms with E-state index in [2.05, 4.69) is 51.8 Å². The second kappa shape index (κ2) is 8.34. The van der Waals surface area contributed by atoms with E-state index < -0.39 is 0 Å². The lowest BCUT2D eigenvalue weighted by atomic mass is 10.1. The number of nitrogens with zero attached hydrogens (tertiary/aromatic N) is 2. The van der Waals surface area contributed by atoms with Crippen LogP contribution in [-0.2, 0) is 6.54 Å². The van der Waals surface area contributed by atoms with Crippen molar-refractivity contribution in [1.82, 2.24) is 9.97 Å². The zero-order valence-corrected chi connectivity index (χ0v) is 15.4. The van der Waals surface area contributed by atoms with Crippen LogP contribution in [0.3, 0.4) is 0 Å². The van der Waals surface area contributed by atoms with Crippen LogP contribution in [0.1, 0.15) is 23.7 Å². The van der Waals surface area contributed by atoms with Crippen molar-refractivity contribution in [3.05, 3.63) is 71.4 Å². The van der Waals surface area contributed by atoms with Gasteiger partial charge in [0.05, 0.1) is 6.61 Å².